The Labute approximate surface area is 145 Å². The second kappa shape index (κ2) is 7.60. The molecule has 1 aromatic heterocycles. The van der Waals surface area contributed by atoms with Crippen molar-refractivity contribution in [2.45, 2.75) is 12.3 Å². The summed E-state index contributed by atoms with van der Waals surface area (Å²) in [5.41, 5.74) is 1.99. The van der Waals surface area contributed by atoms with Crippen LogP contribution < -0.4 is 0 Å². The lowest BCUT2D eigenvalue weighted by Crippen LogP contribution is -2.04. The second-order valence-electron chi connectivity index (χ2n) is 4.23. The van der Waals surface area contributed by atoms with Gasteiger partial charge in [-0.3, -0.25) is 4.98 Å². The first-order valence-electron chi connectivity index (χ1n) is 5.92. The molecule has 0 aliphatic rings. The molecule has 1 heterocycles. The SMILES string of the molecule is Clc1ccc(C(CC(Br)=CBr)c2ccccn2)c(Cl)c1. The molecule has 104 valence electrons. The Kier molecular flexibility index (Phi) is 6.09. The van der Waals surface area contributed by atoms with E-state index in [9.17, 15) is 0 Å². The van der Waals surface area contributed by atoms with E-state index >= 15 is 0 Å². The number of allylic oxidation sites excluding steroid dienone is 1. The summed E-state index contributed by atoms with van der Waals surface area (Å²) >= 11 is 19.2. The molecule has 0 saturated heterocycles. The minimum absolute atomic E-state index is 0.0733. The third-order valence-corrected chi connectivity index (χ3v) is 5.18. The lowest BCUT2D eigenvalue weighted by molar-refractivity contribution is 0.791. The van der Waals surface area contributed by atoms with Gasteiger partial charge in [0.2, 0.25) is 0 Å². The van der Waals surface area contributed by atoms with Crippen molar-refractivity contribution >= 4 is 55.1 Å². The molecule has 0 spiro atoms. The largest absolute Gasteiger partial charge is 0.261 e. The maximum Gasteiger partial charge on any atom is 0.0482 e. The van der Waals surface area contributed by atoms with Gasteiger partial charge in [0.05, 0.1) is 0 Å². The van der Waals surface area contributed by atoms with Crippen LogP contribution in [0.3, 0.4) is 0 Å². The molecule has 1 nitrogen and oxygen atoms in total. The van der Waals surface area contributed by atoms with Gasteiger partial charge in [0.1, 0.15) is 0 Å². The first-order chi connectivity index (χ1) is 9.61. The van der Waals surface area contributed by atoms with Crippen molar-refractivity contribution in [1.29, 1.82) is 0 Å². The molecule has 1 aromatic carbocycles. The van der Waals surface area contributed by atoms with E-state index < -0.39 is 0 Å². The Hall–Kier alpha value is -0.350. The molecule has 0 radical (unpaired) electrons. The van der Waals surface area contributed by atoms with Crippen LogP contribution in [-0.4, -0.2) is 4.98 Å². The van der Waals surface area contributed by atoms with E-state index in [4.69, 9.17) is 23.2 Å². The van der Waals surface area contributed by atoms with E-state index in [1.165, 1.54) is 0 Å². The summed E-state index contributed by atoms with van der Waals surface area (Å²) in [6, 6.07) is 11.5. The molecule has 0 aliphatic carbocycles. The highest BCUT2D eigenvalue weighted by molar-refractivity contribution is 9.14. The fourth-order valence-corrected chi connectivity index (χ4v) is 3.03. The number of hydrogen-bond acceptors (Lipinski definition) is 1. The topological polar surface area (TPSA) is 12.9 Å². The number of benzene rings is 1. The maximum atomic E-state index is 6.34. The van der Waals surface area contributed by atoms with Crippen LogP contribution >= 0.6 is 55.1 Å². The fraction of sp³-hybridized carbons (Fsp3) is 0.133. The van der Waals surface area contributed by atoms with E-state index in [1.807, 2.05) is 35.3 Å². The zero-order valence-electron chi connectivity index (χ0n) is 10.4. The minimum atomic E-state index is 0.0733. The van der Waals surface area contributed by atoms with Gasteiger partial charge in [-0.25, -0.2) is 0 Å². The molecule has 5 heteroatoms. The molecule has 20 heavy (non-hydrogen) atoms. The highest BCUT2D eigenvalue weighted by Gasteiger charge is 2.19. The standard InChI is InChI=1S/C15H11Br2Cl2N/c16-9-10(17)7-13(15-3-1-2-6-20-15)12-5-4-11(18)8-14(12)19/h1-6,8-9,13H,7H2. The Balaban J connectivity index is 2.46. The molecule has 0 N–H and O–H groups in total. The molecule has 0 fully saturated rings. The predicted octanol–water partition coefficient (Wildman–Crippen LogP) is 6.54. The normalized spacial score (nSPS) is 13.3. The Morgan fingerprint density at radius 1 is 1.25 bits per heavy atom. The Morgan fingerprint density at radius 2 is 2.05 bits per heavy atom. The van der Waals surface area contributed by atoms with Gasteiger partial charge in [0.25, 0.3) is 0 Å². The Morgan fingerprint density at radius 3 is 2.65 bits per heavy atom. The van der Waals surface area contributed by atoms with Crippen LogP contribution in [-0.2, 0) is 0 Å². The summed E-state index contributed by atoms with van der Waals surface area (Å²) < 4.78 is 1.04. The number of rotatable bonds is 4. The number of pyridine rings is 1. The van der Waals surface area contributed by atoms with Crippen molar-refractivity contribution in [2.75, 3.05) is 0 Å². The number of halogens is 4. The van der Waals surface area contributed by atoms with E-state index in [2.05, 4.69) is 36.8 Å². The lowest BCUT2D eigenvalue weighted by Gasteiger charge is -2.18. The fourth-order valence-electron chi connectivity index (χ4n) is 1.98. The van der Waals surface area contributed by atoms with Crippen molar-refractivity contribution in [3.63, 3.8) is 0 Å². The molecule has 0 bridgehead atoms. The summed E-state index contributed by atoms with van der Waals surface area (Å²) in [6.07, 6.45) is 2.56. The smallest absolute Gasteiger partial charge is 0.0482 e. The van der Waals surface area contributed by atoms with Gasteiger partial charge < -0.3 is 0 Å². The van der Waals surface area contributed by atoms with Crippen LogP contribution in [0.1, 0.15) is 23.6 Å². The van der Waals surface area contributed by atoms with Crippen LogP contribution in [0.25, 0.3) is 0 Å². The number of aromatic nitrogens is 1. The average Bonchev–Trinajstić information content (AvgIpc) is 2.46. The van der Waals surface area contributed by atoms with Gasteiger partial charge in [-0.1, -0.05) is 67.2 Å². The highest BCUT2D eigenvalue weighted by Crippen LogP contribution is 2.36. The maximum absolute atomic E-state index is 6.34. The molecule has 1 atom stereocenters. The minimum Gasteiger partial charge on any atom is -0.261 e. The summed E-state index contributed by atoms with van der Waals surface area (Å²) in [5, 5.41) is 1.29. The van der Waals surface area contributed by atoms with E-state index in [1.54, 1.807) is 12.3 Å². The quantitative estimate of drug-likeness (QED) is 0.531. The van der Waals surface area contributed by atoms with Crippen LogP contribution in [0.4, 0.5) is 0 Å². The third-order valence-electron chi connectivity index (χ3n) is 2.90. The predicted molar refractivity (Wildman–Crippen MR) is 93.1 cm³/mol. The van der Waals surface area contributed by atoms with Crippen LogP contribution in [0.2, 0.25) is 10.0 Å². The summed E-state index contributed by atoms with van der Waals surface area (Å²) in [5.74, 6) is 0.0733. The zero-order chi connectivity index (χ0) is 14.5. The van der Waals surface area contributed by atoms with E-state index in [-0.39, 0.29) is 5.92 Å². The summed E-state index contributed by atoms with van der Waals surface area (Å²) in [4.78, 5) is 6.31. The van der Waals surface area contributed by atoms with Crippen molar-refractivity contribution in [3.8, 4) is 0 Å². The molecular formula is C15H11Br2Cl2N. The van der Waals surface area contributed by atoms with Crippen LogP contribution in [0.15, 0.2) is 52.1 Å². The first-order valence-corrected chi connectivity index (χ1v) is 8.39. The van der Waals surface area contributed by atoms with Crippen LogP contribution in [0.5, 0.6) is 0 Å². The summed E-state index contributed by atoms with van der Waals surface area (Å²) in [7, 11) is 0. The third kappa shape index (κ3) is 4.08. The lowest BCUT2D eigenvalue weighted by atomic mass is 9.92. The average molecular weight is 436 g/mol. The molecule has 0 amide bonds. The van der Waals surface area contributed by atoms with Crippen LogP contribution in [0, 0.1) is 0 Å². The molecule has 2 aromatic rings. The van der Waals surface area contributed by atoms with Crippen molar-refractivity contribution in [1.82, 2.24) is 4.98 Å². The Bertz CT molecular complexity index is 615. The van der Waals surface area contributed by atoms with Gasteiger partial charge in [-0.15, -0.1) is 0 Å². The summed E-state index contributed by atoms with van der Waals surface area (Å²) in [6.45, 7) is 0. The van der Waals surface area contributed by atoms with Crippen molar-refractivity contribution in [2.24, 2.45) is 0 Å². The second-order valence-corrected chi connectivity index (χ2v) is 6.55. The number of hydrogen-bond donors (Lipinski definition) is 0. The highest BCUT2D eigenvalue weighted by atomic mass is 79.9. The number of nitrogens with zero attached hydrogens (tertiary/aromatic N) is 1. The van der Waals surface area contributed by atoms with Gasteiger partial charge >= 0.3 is 0 Å². The first kappa shape index (κ1) is 16.0. The monoisotopic (exact) mass is 433 g/mol. The van der Waals surface area contributed by atoms with E-state index in [0.29, 0.717) is 10.0 Å². The van der Waals surface area contributed by atoms with Crippen molar-refractivity contribution in [3.05, 3.63) is 73.4 Å². The zero-order valence-corrected chi connectivity index (χ0v) is 15.0. The molecule has 1 unspecified atom stereocenters. The molecule has 0 aliphatic heterocycles. The van der Waals surface area contributed by atoms with Gasteiger partial charge in [-0.05, 0) is 41.2 Å². The molecule has 2 rings (SSSR count). The molecular weight excluding hydrogens is 425 g/mol. The van der Waals surface area contributed by atoms with Crippen molar-refractivity contribution < 1.29 is 0 Å². The van der Waals surface area contributed by atoms with E-state index in [0.717, 1.165) is 22.2 Å². The molecule has 0 saturated carbocycles. The van der Waals surface area contributed by atoms with Gasteiger partial charge in [0.15, 0.2) is 0 Å². The van der Waals surface area contributed by atoms with Gasteiger partial charge in [0, 0.05) is 32.3 Å². The van der Waals surface area contributed by atoms with Gasteiger partial charge in [-0.2, -0.15) is 0 Å².